The molecule has 0 unspecified atom stereocenters. The van der Waals surface area contributed by atoms with Crippen LogP contribution in [0.1, 0.15) is 12.0 Å². The van der Waals surface area contributed by atoms with E-state index in [0.29, 0.717) is 0 Å². The molecule has 12 heavy (non-hydrogen) atoms. The van der Waals surface area contributed by atoms with Gasteiger partial charge in [0.15, 0.2) is 5.82 Å². The fourth-order valence-electron chi connectivity index (χ4n) is 0.613. The van der Waals surface area contributed by atoms with E-state index in [1.54, 1.807) is 22.6 Å². The Morgan fingerprint density at radius 2 is 2.08 bits per heavy atom. The van der Waals surface area contributed by atoms with E-state index in [4.69, 9.17) is 0 Å². The van der Waals surface area contributed by atoms with E-state index in [1.165, 1.54) is 0 Å². The fourth-order valence-corrected chi connectivity index (χ4v) is 1.81. The van der Waals surface area contributed by atoms with Crippen molar-refractivity contribution in [2.75, 3.05) is 0 Å². The molecule has 1 aromatic rings. The maximum atomic E-state index is 12.7. The van der Waals surface area contributed by atoms with Crippen molar-refractivity contribution in [2.45, 2.75) is 6.43 Å². The van der Waals surface area contributed by atoms with Gasteiger partial charge in [-0.1, -0.05) is 0 Å². The van der Waals surface area contributed by atoms with Crippen molar-refractivity contribution in [3.63, 3.8) is 0 Å². The molecule has 0 aliphatic heterocycles. The molecule has 66 valence electrons. The maximum absolute atomic E-state index is 12.7. The van der Waals surface area contributed by atoms with Crippen LogP contribution < -0.4 is 0 Å². The minimum atomic E-state index is -2.71. The highest BCUT2D eigenvalue weighted by Gasteiger charge is 2.15. The minimum Gasteiger partial charge on any atom is -0.231 e. The van der Waals surface area contributed by atoms with E-state index in [1.807, 2.05) is 0 Å². The van der Waals surface area contributed by atoms with Crippen LogP contribution in [0.4, 0.5) is 13.2 Å². The standard InChI is InChI=1S/C6H2BrF3IN/c7-4-2(5(9)10)1-3(8)6(11)12-4/h1,5H. The number of hydrogen-bond acceptors (Lipinski definition) is 1. The van der Waals surface area contributed by atoms with E-state index in [9.17, 15) is 13.2 Å². The van der Waals surface area contributed by atoms with Crippen molar-refractivity contribution in [1.82, 2.24) is 4.98 Å². The molecule has 0 radical (unpaired) electrons. The zero-order valence-corrected chi connectivity index (χ0v) is 9.24. The smallest absolute Gasteiger partial charge is 0.231 e. The lowest BCUT2D eigenvalue weighted by molar-refractivity contribution is 0.149. The summed E-state index contributed by atoms with van der Waals surface area (Å²) in [5.74, 6) is -0.728. The lowest BCUT2D eigenvalue weighted by Gasteiger charge is -2.02. The number of pyridine rings is 1. The first kappa shape index (κ1) is 10.2. The summed E-state index contributed by atoms with van der Waals surface area (Å²) in [7, 11) is 0. The van der Waals surface area contributed by atoms with Gasteiger partial charge in [0.2, 0.25) is 0 Å². The molecular weight excluding hydrogens is 350 g/mol. The first-order valence-electron chi connectivity index (χ1n) is 2.82. The topological polar surface area (TPSA) is 12.9 Å². The number of halogens is 5. The van der Waals surface area contributed by atoms with Crippen LogP contribution in [0.3, 0.4) is 0 Å². The molecule has 0 fully saturated rings. The molecule has 0 saturated heterocycles. The Morgan fingerprint density at radius 1 is 1.50 bits per heavy atom. The third-order valence-corrected chi connectivity index (χ3v) is 2.54. The second kappa shape index (κ2) is 3.91. The van der Waals surface area contributed by atoms with E-state index >= 15 is 0 Å². The molecule has 6 heteroatoms. The van der Waals surface area contributed by atoms with Gasteiger partial charge in [0.1, 0.15) is 8.30 Å². The van der Waals surface area contributed by atoms with E-state index in [-0.39, 0.29) is 8.30 Å². The average Bonchev–Trinajstić information content (AvgIpc) is 1.96. The van der Waals surface area contributed by atoms with Crippen LogP contribution in [0, 0.1) is 9.52 Å². The molecular formula is C6H2BrF3IN. The number of rotatable bonds is 1. The van der Waals surface area contributed by atoms with Gasteiger partial charge >= 0.3 is 0 Å². The Balaban J connectivity index is 3.23. The largest absolute Gasteiger partial charge is 0.266 e. The second-order valence-corrected chi connectivity index (χ2v) is 3.71. The zero-order chi connectivity index (χ0) is 9.30. The van der Waals surface area contributed by atoms with Gasteiger partial charge in [-0.25, -0.2) is 18.2 Å². The molecule has 0 spiro atoms. The predicted molar refractivity (Wildman–Crippen MR) is 49.6 cm³/mol. The Labute approximate surface area is 88.6 Å². The van der Waals surface area contributed by atoms with Crippen molar-refractivity contribution in [1.29, 1.82) is 0 Å². The minimum absolute atomic E-state index is 0.0108. The summed E-state index contributed by atoms with van der Waals surface area (Å²) in [6.07, 6.45) is -2.71. The molecule has 1 aromatic heterocycles. The molecule has 0 aromatic carbocycles. The van der Waals surface area contributed by atoms with E-state index in [0.717, 1.165) is 6.07 Å². The molecule has 0 N–H and O–H groups in total. The number of hydrogen-bond donors (Lipinski definition) is 0. The Hall–Kier alpha value is 0.150. The highest BCUT2D eigenvalue weighted by atomic mass is 127. The first-order valence-corrected chi connectivity index (χ1v) is 4.69. The van der Waals surface area contributed by atoms with Crippen molar-refractivity contribution in [2.24, 2.45) is 0 Å². The quantitative estimate of drug-likeness (QED) is 0.557. The monoisotopic (exact) mass is 351 g/mol. The summed E-state index contributed by atoms with van der Waals surface area (Å²) < 4.78 is 37.0. The highest BCUT2D eigenvalue weighted by Crippen LogP contribution is 2.27. The van der Waals surface area contributed by atoms with Crippen LogP contribution in [-0.4, -0.2) is 4.98 Å². The summed E-state index contributed by atoms with van der Waals surface area (Å²) in [5.41, 5.74) is -0.423. The van der Waals surface area contributed by atoms with Crippen LogP contribution in [0.5, 0.6) is 0 Å². The van der Waals surface area contributed by atoms with Crippen LogP contribution in [0.2, 0.25) is 0 Å². The Kier molecular flexibility index (Phi) is 3.33. The normalized spacial score (nSPS) is 10.8. The summed E-state index contributed by atoms with van der Waals surface area (Å²) in [6, 6.07) is 0.781. The van der Waals surface area contributed by atoms with Gasteiger partial charge in [-0.3, -0.25) is 0 Å². The van der Waals surface area contributed by atoms with E-state index in [2.05, 4.69) is 20.9 Å². The lowest BCUT2D eigenvalue weighted by Crippen LogP contribution is -1.95. The zero-order valence-electron chi connectivity index (χ0n) is 5.49. The van der Waals surface area contributed by atoms with Gasteiger partial charge in [-0.2, -0.15) is 0 Å². The third kappa shape index (κ3) is 2.09. The van der Waals surface area contributed by atoms with Crippen molar-refractivity contribution < 1.29 is 13.2 Å². The van der Waals surface area contributed by atoms with Gasteiger partial charge in [-0.05, 0) is 44.6 Å². The first-order chi connectivity index (χ1) is 5.52. The highest BCUT2D eigenvalue weighted by molar-refractivity contribution is 14.1. The predicted octanol–water partition coefficient (Wildman–Crippen LogP) is 3.53. The summed E-state index contributed by atoms with van der Waals surface area (Å²) >= 11 is 4.45. The second-order valence-electron chi connectivity index (χ2n) is 1.94. The SMILES string of the molecule is Fc1cc(C(F)F)c(Br)nc1I. The molecule has 0 aliphatic rings. The summed E-state index contributed by atoms with van der Waals surface area (Å²) in [4.78, 5) is 3.54. The van der Waals surface area contributed by atoms with Gasteiger partial charge < -0.3 is 0 Å². The van der Waals surface area contributed by atoms with Gasteiger partial charge in [-0.15, -0.1) is 0 Å². The third-order valence-electron chi connectivity index (χ3n) is 1.15. The number of alkyl halides is 2. The van der Waals surface area contributed by atoms with Crippen LogP contribution in [-0.2, 0) is 0 Å². The number of nitrogens with zero attached hydrogens (tertiary/aromatic N) is 1. The van der Waals surface area contributed by atoms with Crippen molar-refractivity contribution in [3.05, 3.63) is 25.8 Å². The molecule has 1 heterocycles. The Bertz CT molecular complexity index is 305. The molecule has 1 nitrogen and oxygen atoms in total. The van der Waals surface area contributed by atoms with Gasteiger partial charge in [0.25, 0.3) is 6.43 Å². The maximum Gasteiger partial charge on any atom is 0.266 e. The summed E-state index contributed by atoms with van der Waals surface area (Å²) in [6.45, 7) is 0. The van der Waals surface area contributed by atoms with Crippen molar-refractivity contribution in [3.8, 4) is 0 Å². The number of aromatic nitrogens is 1. The van der Waals surface area contributed by atoms with Crippen LogP contribution >= 0.6 is 38.5 Å². The molecule has 0 atom stereocenters. The molecule has 1 rings (SSSR count). The van der Waals surface area contributed by atoms with Gasteiger partial charge in [0, 0.05) is 0 Å². The van der Waals surface area contributed by atoms with E-state index < -0.39 is 17.8 Å². The van der Waals surface area contributed by atoms with Crippen LogP contribution in [0.25, 0.3) is 0 Å². The van der Waals surface area contributed by atoms with Crippen molar-refractivity contribution >= 4 is 38.5 Å². The molecule has 0 amide bonds. The average molecular weight is 352 g/mol. The Morgan fingerprint density at radius 3 is 2.58 bits per heavy atom. The molecule has 0 bridgehead atoms. The molecule has 0 aliphatic carbocycles. The fraction of sp³-hybridized carbons (Fsp3) is 0.167. The summed E-state index contributed by atoms with van der Waals surface area (Å²) in [5, 5.41) is 0. The van der Waals surface area contributed by atoms with Gasteiger partial charge in [0.05, 0.1) is 5.56 Å². The molecule has 0 saturated carbocycles. The van der Waals surface area contributed by atoms with Crippen LogP contribution in [0.15, 0.2) is 10.7 Å². The lowest BCUT2D eigenvalue weighted by atomic mass is 10.3.